The zero-order valence-electron chi connectivity index (χ0n) is 11.6. The number of piperazine rings is 1. The number of phenols is 1. The molecule has 2 aliphatic rings. The van der Waals surface area contributed by atoms with Gasteiger partial charge in [0.25, 0.3) is 0 Å². The predicted molar refractivity (Wildman–Crippen MR) is 77.9 cm³/mol. The van der Waals surface area contributed by atoms with Crippen molar-refractivity contribution in [2.45, 2.75) is 18.9 Å². The zero-order chi connectivity index (χ0) is 13.9. The Morgan fingerprint density at radius 2 is 1.95 bits per heavy atom. The lowest BCUT2D eigenvalue weighted by molar-refractivity contribution is -0.133. The van der Waals surface area contributed by atoms with Gasteiger partial charge in [0.1, 0.15) is 5.75 Å². The lowest BCUT2D eigenvalue weighted by Crippen LogP contribution is -2.53. The van der Waals surface area contributed by atoms with E-state index in [2.05, 4.69) is 10.2 Å². The Morgan fingerprint density at radius 1 is 1.20 bits per heavy atom. The second kappa shape index (κ2) is 5.71. The van der Waals surface area contributed by atoms with Gasteiger partial charge in [-0.25, -0.2) is 0 Å². The first-order valence-electron chi connectivity index (χ1n) is 7.31. The SMILES string of the molecule is O=C([C@@H]1CCCN1)N1CCN(c2ccccc2O)CC1. The first-order valence-corrected chi connectivity index (χ1v) is 7.31. The number of aromatic hydroxyl groups is 1. The predicted octanol–water partition coefficient (Wildman–Crippen LogP) is 0.793. The van der Waals surface area contributed by atoms with Gasteiger partial charge in [0.15, 0.2) is 0 Å². The van der Waals surface area contributed by atoms with Gasteiger partial charge in [0.2, 0.25) is 5.91 Å². The van der Waals surface area contributed by atoms with Crippen LogP contribution >= 0.6 is 0 Å². The molecular formula is C15H21N3O2. The lowest BCUT2D eigenvalue weighted by atomic mass is 10.1. The number of carbonyl (C=O) groups is 1. The van der Waals surface area contributed by atoms with Crippen LogP contribution in [0.3, 0.4) is 0 Å². The van der Waals surface area contributed by atoms with Crippen molar-refractivity contribution in [1.29, 1.82) is 0 Å². The molecular weight excluding hydrogens is 254 g/mol. The molecule has 0 aliphatic carbocycles. The van der Waals surface area contributed by atoms with Gasteiger partial charge in [-0.2, -0.15) is 0 Å². The van der Waals surface area contributed by atoms with Crippen molar-refractivity contribution in [3.05, 3.63) is 24.3 Å². The molecule has 0 saturated carbocycles. The van der Waals surface area contributed by atoms with Gasteiger partial charge in [-0.05, 0) is 31.5 Å². The monoisotopic (exact) mass is 275 g/mol. The second-order valence-corrected chi connectivity index (χ2v) is 5.45. The molecule has 2 saturated heterocycles. The lowest BCUT2D eigenvalue weighted by Gasteiger charge is -2.37. The molecule has 2 N–H and O–H groups in total. The van der Waals surface area contributed by atoms with Crippen molar-refractivity contribution < 1.29 is 9.90 Å². The third-order valence-corrected chi connectivity index (χ3v) is 4.17. The highest BCUT2D eigenvalue weighted by Gasteiger charge is 2.29. The highest BCUT2D eigenvalue weighted by molar-refractivity contribution is 5.82. The summed E-state index contributed by atoms with van der Waals surface area (Å²) in [5.41, 5.74) is 0.860. The molecule has 5 heteroatoms. The number of hydrogen-bond acceptors (Lipinski definition) is 4. The first-order chi connectivity index (χ1) is 9.75. The smallest absolute Gasteiger partial charge is 0.239 e. The number of carbonyl (C=O) groups excluding carboxylic acids is 1. The third-order valence-electron chi connectivity index (χ3n) is 4.17. The van der Waals surface area contributed by atoms with Crippen LogP contribution in [0.5, 0.6) is 5.75 Å². The first kappa shape index (κ1) is 13.2. The van der Waals surface area contributed by atoms with Crippen LogP contribution in [-0.4, -0.2) is 54.7 Å². The van der Waals surface area contributed by atoms with E-state index in [4.69, 9.17) is 0 Å². The number of phenolic OH excluding ortho intramolecular Hbond substituents is 1. The van der Waals surface area contributed by atoms with Gasteiger partial charge < -0.3 is 20.2 Å². The Bertz CT molecular complexity index is 478. The van der Waals surface area contributed by atoms with Crippen LogP contribution in [-0.2, 0) is 4.79 Å². The fourth-order valence-corrected chi connectivity index (χ4v) is 3.02. The van der Waals surface area contributed by atoms with E-state index < -0.39 is 0 Å². The summed E-state index contributed by atoms with van der Waals surface area (Å²) in [4.78, 5) is 16.4. The van der Waals surface area contributed by atoms with Gasteiger partial charge in [-0.1, -0.05) is 12.1 Å². The van der Waals surface area contributed by atoms with Gasteiger partial charge in [-0.15, -0.1) is 0 Å². The molecule has 0 unspecified atom stereocenters. The summed E-state index contributed by atoms with van der Waals surface area (Å²) in [6.07, 6.45) is 2.05. The van der Waals surface area contributed by atoms with Crippen LogP contribution in [0.15, 0.2) is 24.3 Å². The van der Waals surface area contributed by atoms with Gasteiger partial charge in [0, 0.05) is 26.2 Å². The summed E-state index contributed by atoms with van der Waals surface area (Å²) in [7, 11) is 0. The van der Waals surface area contributed by atoms with E-state index >= 15 is 0 Å². The third kappa shape index (κ3) is 2.58. The van der Waals surface area contributed by atoms with Crippen molar-refractivity contribution in [2.75, 3.05) is 37.6 Å². The summed E-state index contributed by atoms with van der Waals surface area (Å²) in [6.45, 7) is 3.96. The van der Waals surface area contributed by atoms with Crippen LogP contribution in [0.2, 0.25) is 0 Å². The van der Waals surface area contributed by atoms with Crippen LogP contribution in [0.25, 0.3) is 0 Å². The summed E-state index contributed by atoms with van der Waals surface area (Å²) >= 11 is 0. The fraction of sp³-hybridized carbons (Fsp3) is 0.533. The molecule has 2 heterocycles. The Balaban J connectivity index is 1.59. The van der Waals surface area contributed by atoms with Crippen molar-refractivity contribution in [1.82, 2.24) is 10.2 Å². The fourth-order valence-electron chi connectivity index (χ4n) is 3.02. The van der Waals surface area contributed by atoms with Crippen molar-refractivity contribution in [2.24, 2.45) is 0 Å². The minimum Gasteiger partial charge on any atom is -0.506 e. The van der Waals surface area contributed by atoms with E-state index in [9.17, 15) is 9.90 Å². The summed E-state index contributed by atoms with van der Waals surface area (Å²) in [6, 6.07) is 7.40. The summed E-state index contributed by atoms with van der Waals surface area (Å²) in [5, 5.41) is 13.1. The molecule has 108 valence electrons. The maximum atomic E-state index is 12.3. The molecule has 0 radical (unpaired) electrons. The van der Waals surface area contributed by atoms with E-state index in [1.807, 2.05) is 23.1 Å². The quantitative estimate of drug-likeness (QED) is 0.838. The van der Waals surface area contributed by atoms with Crippen LogP contribution < -0.4 is 10.2 Å². The minimum atomic E-state index is 0.0201. The molecule has 1 aromatic carbocycles. The van der Waals surface area contributed by atoms with Crippen molar-refractivity contribution >= 4 is 11.6 Å². The molecule has 20 heavy (non-hydrogen) atoms. The topological polar surface area (TPSA) is 55.8 Å². The van der Waals surface area contributed by atoms with Gasteiger partial charge >= 0.3 is 0 Å². The van der Waals surface area contributed by atoms with E-state index in [1.165, 1.54) is 0 Å². The maximum Gasteiger partial charge on any atom is 0.239 e. The zero-order valence-corrected chi connectivity index (χ0v) is 11.6. The second-order valence-electron chi connectivity index (χ2n) is 5.45. The number of benzene rings is 1. The Hall–Kier alpha value is -1.75. The normalized spacial score (nSPS) is 23.1. The van der Waals surface area contributed by atoms with Crippen LogP contribution in [0.4, 0.5) is 5.69 Å². The molecule has 2 fully saturated rings. The molecule has 1 atom stereocenters. The van der Waals surface area contributed by atoms with Gasteiger partial charge in [-0.3, -0.25) is 4.79 Å². The van der Waals surface area contributed by atoms with E-state index in [0.29, 0.717) is 5.75 Å². The van der Waals surface area contributed by atoms with Gasteiger partial charge in [0.05, 0.1) is 11.7 Å². The Kier molecular flexibility index (Phi) is 3.78. The standard InChI is InChI=1S/C15H21N3O2/c19-14-6-2-1-5-13(14)17-8-10-18(11-9-17)15(20)12-4-3-7-16-12/h1-2,5-6,12,16,19H,3-4,7-11H2/t12-/m0/s1. The molecule has 1 aromatic rings. The van der Waals surface area contributed by atoms with E-state index in [0.717, 1.165) is 51.3 Å². The molecule has 2 aliphatic heterocycles. The molecule has 1 amide bonds. The number of amides is 1. The highest BCUT2D eigenvalue weighted by Crippen LogP contribution is 2.27. The number of hydrogen-bond donors (Lipinski definition) is 2. The molecule has 5 nitrogen and oxygen atoms in total. The van der Waals surface area contributed by atoms with E-state index in [1.54, 1.807) is 6.07 Å². The Morgan fingerprint density at radius 3 is 2.60 bits per heavy atom. The van der Waals surface area contributed by atoms with Crippen LogP contribution in [0.1, 0.15) is 12.8 Å². The maximum absolute atomic E-state index is 12.3. The average molecular weight is 275 g/mol. The molecule has 3 rings (SSSR count). The number of nitrogens with one attached hydrogen (secondary N) is 1. The van der Waals surface area contributed by atoms with Crippen molar-refractivity contribution in [3.63, 3.8) is 0 Å². The number of nitrogens with zero attached hydrogens (tertiary/aromatic N) is 2. The number of anilines is 1. The molecule has 0 aromatic heterocycles. The molecule has 0 spiro atoms. The Labute approximate surface area is 119 Å². The average Bonchev–Trinajstić information content (AvgIpc) is 3.01. The number of para-hydroxylation sites is 2. The largest absolute Gasteiger partial charge is 0.506 e. The highest BCUT2D eigenvalue weighted by atomic mass is 16.3. The van der Waals surface area contributed by atoms with Crippen molar-refractivity contribution in [3.8, 4) is 5.75 Å². The minimum absolute atomic E-state index is 0.0201. The van der Waals surface area contributed by atoms with Crippen LogP contribution in [0, 0.1) is 0 Å². The summed E-state index contributed by atoms with van der Waals surface area (Å²) < 4.78 is 0. The van der Waals surface area contributed by atoms with E-state index in [-0.39, 0.29) is 11.9 Å². The molecule has 0 bridgehead atoms. The summed E-state index contributed by atoms with van der Waals surface area (Å²) in [5.74, 6) is 0.546. The number of rotatable bonds is 2.